The minimum Gasteiger partial charge on any atom is -0.494 e. The van der Waals surface area contributed by atoms with E-state index in [1.807, 2.05) is 42.1 Å². The molecule has 0 saturated heterocycles. The van der Waals surface area contributed by atoms with Crippen LogP contribution in [-0.2, 0) is 6.54 Å². The lowest BCUT2D eigenvalue weighted by atomic mass is 10.1. The Morgan fingerprint density at radius 2 is 1.96 bits per heavy atom. The molecule has 2 heterocycles. The number of benzene rings is 2. The molecular formula is C21H17ClFN3O. The van der Waals surface area contributed by atoms with Gasteiger partial charge in [-0.3, -0.25) is 9.67 Å². The Bertz CT molecular complexity index is 1120. The van der Waals surface area contributed by atoms with Crippen LogP contribution < -0.4 is 4.74 Å². The van der Waals surface area contributed by atoms with Crippen LogP contribution in [0.1, 0.15) is 11.1 Å². The fourth-order valence-corrected chi connectivity index (χ4v) is 3.49. The monoisotopic (exact) mass is 381 g/mol. The second kappa shape index (κ2) is 7.00. The molecule has 0 spiro atoms. The van der Waals surface area contributed by atoms with E-state index < -0.39 is 5.82 Å². The van der Waals surface area contributed by atoms with Crippen molar-refractivity contribution >= 4 is 22.5 Å². The van der Waals surface area contributed by atoms with Gasteiger partial charge < -0.3 is 4.74 Å². The second-order valence-corrected chi connectivity index (χ2v) is 6.80. The molecule has 0 radical (unpaired) electrons. The first-order chi connectivity index (χ1) is 13.0. The van der Waals surface area contributed by atoms with E-state index in [0.717, 1.165) is 22.0 Å². The predicted molar refractivity (Wildman–Crippen MR) is 105 cm³/mol. The number of pyridine rings is 1. The molecular weight excluding hydrogens is 365 g/mol. The van der Waals surface area contributed by atoms with Crippen molar-refractivity contribution in [2.45, 2.75) is 13.5 Å². The van der Waals surface area contributed by atoms with Crippen LogP contribution in [0.4, 0.5) is 4.39 Å². The zero-order chi connectivity index (χ0) is 19.0. The number of ether oxygens (including phenoxy) is 1. The van der Waals surface area contributed by atoms with Crippen molar-refractivity contribution in [3.63, 3.8) is 0 Å². The van der Waals surface area contributed by atoms with Crippen molar-refractivity contribution in [2.75, 3.05) is 7.11 Å². The molecule has 2 aromatic heterocycles. The van der Waals surface area contributed by atoms with Gasteiger partial charge in [0, 0.05) is 22.2 Å². The van der Waals surface area contributed by atoms with E-state index in [1.54, 1.807) is 18.3 Å². The lowest BCUT2D eigenvalue weighted by Gasteiger charge is -2.08. The molecule has 136 valence electrons. The quantitative estimate of drug-likeness (QED) is 0.484. The third kappa shape index (κ3) is 3.38. The maximum absolute atomic E-state index is 13.9. The zero-order valence-corrected chi connectivity index (χ0v) is 15.7. The summed E-state index contributed by atoms with van der Waals surface area (Å²) >= 11 is 6.12. The van der Waals surface area contributed by atoms with Gasteiger partial charge >= 0.3 is 0 Å². The average Bonchev–Trinajstić information content (AvgIpc) is 3.05. The van der Waals surface area contributed by atoms with Crippen molar-refractivity contribution in [3.05, 3.63) is 76.8 Å². The van der Waals surface area contributed by atoms with Crippen LogP contribution in [0.5, 0.6) is 5.75 Å². The molecule has 4 nitrogen and oxygen atoms in total. The van der Waals surface area contributed by atoms with Gasteiger partial charge in [-0.25, -0.2) is 4.39 Å². The van der Waals surface area contributed by atoms with Gasteiger partial charge in [0.15, 0.2) is 11.6 Å². The molecule has 0 atom stereocenters. The summed E-state index contributed by atoms with van der Waals surface area (Å²) in [4.78, 5) is 4.47. The van der Waals surface area contributed by atoms with Crippen molar-refractivity contribution in [2.24, 2.45) is 0 Å². The van der Waals surface area contributed by atoms with Crippen LogP contribution in [0.25, 0.3) is 22.2 Å². The Morgan fingerprint density at radius 3 is 2.67 bits per heavy atom. The number of hydrogen-bond acceptors (Lipinski definition) is 3. The van der Waals surface area contributed by atoms with Gasteiger partial charge in [0.2, 0.25) is 0 Å². The van der Waals surface area contributed by atoms with Crippen LogP contribution in [-0.4, -0.2) is 21.9 Å². The fraction of sp³-hybridized carbons (Fsp3) is 0.143. The molecule has 4 aromatic rings. The first-order valence-corrected chi connectivity index (χ1v) is 8.83. The molecule has 0 aliphatic heterocycles. The topological polar surface area (TPSA) is 39.9 Å². The molecule has 0 saturated carbocycles. The van der Waals surface area contributed by atoms with Crippen LogP contribution >= 0.6 is 11.6 Å². The molecule has 4 rings (SSSR count). The molecule has 6 heteroatoms. The highest BCUT2D eigenvalue weighted by atomic mass is 35.5. The largest absolute Gasteiger partial charge is 0.494 e. The van der Waals surface area contributed by atoms with E-state index in [4.69, 9.17) is 16.3 Å². The van der Waals surface area contributed by atoms with Crippen molar-refractivity contribution in [3.8, 4) is 17.0 Å². The SMILES string of the molecule is COc1ccc(-c2ccc(Cn3ncc4cc(Cl)cc(C)c43)cn2)cc1F. The van der Waals surface area contributed by atoms with E-state index in [-0.39, 0.29) is 5.75 Å². The van der Waals surface area contributed by atoms with E-state index in [2.05, 4.69) is 10.1 Å². The maximum atomic E-state index is 13.9. The van der Waals surface area contributed by atoms with Crippen molar-refractivity contribution in [1.82, 2.24) is 14.8 Å². The average molecular weight is 382 g/mol. The minimum atomic E-state index is -0.405. The Kier molecular flexibility index (Phi) is 4.54. The number of aryl methyl sites for hydroxylation is 1. The molecule has 0 aliphatic carbocycles. The van der Waals surface area contributed by atoms with Gasteiger partial charge in [-0.05, 0) is 54.4 Å². The first-order valence-electron chi connectivity index (χ1n) is 8.45. The summed E-state index contributed by atoms with van der Waals surface area (Å²) in [5.41, 5.74) is 4.55. The first kappa shape index (κ1) is 17.5. The maximum Gasteiger partial charge on any atom is 0.165 e. The van der Waals surface area contributed by atoms with Crippen LogP contribution in [0.15, 0.2) is 54.9 Å². The zero-order valence-electron chi connectivity index (χ0n) is 14.9. The summed E-state index contributed by atoms with van der Waals surface area (Å²) in [7, 11) is 1.44. The highest BCUT2D eigenvalue weighted by Gasteiger charge is 2.09. The molecule has 0 unspecified atom stereocenters. The summed E-state index contributed by atoms with van der Waals surface area (Å²) < 4.78 is 20.8. The predicted octanol–water partition coefficient (Wildman–Crippen LogP) is 5.26. The van der Waals surface area contributed by atoms with E-state index >= 15 is 0 Å². The lowest BCUT2D eigenvalue weighted by Crippen LogP contribution is -2.03. The molecule has 0 N–H and O–H groups in total. The molecule has 0 aliphatic rings. The summed E-state index contributed by atoms with van der Waals surface area (Å²) in [5, 5.41) is 6.19. The summed E-state index contributed by atoms with van der Waals surface area (Å²) in [6, 6.07) is 12.5. The molecule has 0 amide bonds. The minimum absolute atomic E-state index is 0.219. The Morgan fingerprint density at radius 1 is 1.11 bits per heavy atom. The summed E-state index contributed by atoms with van der Waals surface area (Å²) in [6.07, 6.45) is 3.60. The smallest absolute Gasteiger partial charge is 0.165 e. The van der Waals surface area contributed by atoms with Crippen LogP contribution in [0.2, 0.25) is 5.02 Å². The second-order valence-electron chi connectivity index (χ2n) is 6.36. The van der Waals surface area contributed by atoms with E-state index in [1.165, 1.54) is 13.2 Å². The fourth-order valence-electron chi connectivity index (χ4n) is 3.21. The van der Waals surface area contributed by atoms with E-state index in [0.29, 0.717) is 22.8 Å². The van der Waals surface area contributed by atoms with Gasteiger partial charge in [-0.1, -0.05) is 17.7 Å². The number of fused-ring (bicyclic) bond motifs is 1. The van der Waals surface area contributed by atoms with Crippen molar-refractivity contribution in [1.29, 1.82) is 0 Å². The number of nitrogens with zero attached hydrogens (tertiary/aromatic N) is 3. The molecule has 27 heavy (non-hydrogen) atoms. The Hall–Kier alpha value is -2.92. The van der Waals surface area contributed by atoms with Crippen molar-refractivity contribution < 1.29 is 9.13 Å². The third-order valence-electron chi connectivity index (χ3n) is 4.49. The van der Waals surface area contributed by atoms with Gasteiger partial charge in [-0.15, -0.1) is 0 Å². The number of methoxy groups -OCH3 is 1. The Labute approximate surface area is 161 Å². The lowest BCUT2D eigenvalue weighted by molar-refractivity contribution is 0.386. The van der Waals surface area contributed by atoms with Crippen LogP contribution in [0, 0.1) is 12.7 Å². The highest BCUT2D eigenvalue weighted by Crippen LogP contribution is 2.26. The number of aromatic nitrogens is 3. The van der Waals surface area contributed by atoms with Crippen LogP contribution in [0.3, 0.4) is 0 Å². The van der Waals surface area contributed by atoms with Gasteiger partial charge in [0.25, 0.3) is 0 Å². The molecule has 0 fully saturated rings. The van der Waals surface area contributed by atoms with Gasteiger partial charge in [0.1, 0.15) is 0 Å². The summed E-state index contributed by atoms with van der Waals surface area (Å²) in [6.45, 7) is 2.61. The third-order valence-corrected chi connectivity index (χ3v) is 4.71. The normalized spacial score (nSPS) is 11.1. The number of rotatable bonds is 4. The van der Waals surface area contributed by atoms with E-state index in [9.17, 15) is 4.39 Å². The number of halogens is 2. The Balaban J connectivity index is 1.61. The molecule has 2 aromatic carbocycles. The highest BCUT2D eigenvalue weighted by molar-refractivity contribution is 6.31. The molecule has 0 bridgehead atoms. The van der Waals surface area contributed by atoms with Gasteiger partial charge in [-0.2, -0.15) is 5.10 Å². The standard InChI is InChI=1S/C21H17ClFN3O/c1-13-7-17(22)8-16-11-25-26(21(13)16)12-14-3-5-19(24-10-14)15-4-6-20(27-2)18(23)9-15/h3-11H,12H2,1-2H3. The van der Waals surface area contributed by atoms with Gasteiger partial charge in [0.05, 0.1) is 31.1 Å². The summed E-state index contributed by atoms with van der Waals surface area (Å²) in [5.74, 6) is -0.186. The number of hydrogen-bond donors (Lipinski definition) is 0.